The standard InChI is InChI=1S/C15H18N2O/c1-18-15-8-3-2-6-12(15)10-13(16)11-14-7-4-5-9-17-14/h2-9,13H,10-11,16H2,1H3. The lowest BCUT2D eigenvalue weighted by molar-refractivity contribution is 0.407. The van der Waals surface area contributed by atoms with Crippen LogP contribution in [0.3, 0.4) is 0 Å². The van der Waals surface area contributed by atoms with E-state index < -0.39 is 0 Å². The van der Waals surface area contributed by atoms with Crippen molar-refractivity contribution < 1.29 is 4.74 Å². The van der Waals surface area contributed by atoms with Gasteiger partial charge < -0.3 is 10.5 Å². The van der Waals surface area contributed by atoms with E-state index in [-0.39, 0.29) is 6.04 Å². The van der Waals surface area contributed by atoms with Crippen molar-refractivity contribution in [3.8, 4) is 5.75 Å². The Morgan fingerprint density at radius 2 is 1.89 bits per heavy atom. The second kappa shape index (κ2) is 6.17. The van der Waals surface area contributed by atoms with Gasteiger partial charge in [0.2, 0.25) is 0 Å². The Bertz CT molecular complexity index is 485. The zero-order valence-corrected chi connectivity index (χ0v) is 10.5. The molecule has 0 bridgehead atoms. The van der Waals surface area contributed by atoms with Crippen molar-refractivity contribution in [3.05, 3.63) is 59.9 Å². The Labute approximate surface area is 108 Å². The molecule has 3 nitrogen and oxygen atoms in total. The van der Waals surface area contributed by atoms with E-state index in [1.165, 1.54) is 0 Å². The van der Waals surface area contributed by atoms with Crippen LogP contribution in [0, 0.1) is 0 Å². The predicted octanol–water partition coefficient (Wildman–Crippen LogP) is 2.20. The number of rotatable bonds is 5. The lowest BCUT2D eigenvalue weighted by Crippen LogP contribution is -2.26. The maximum Gasteiger partial charge on any atom is 0.122 e. The minimum Gasteiger partial charge on any atom is -0.496 e. The third-order valence-corrected chi connectivity index (χ3v) is 2.87. The van der Waals surface area contributed by atoms with Crippen LogP contribution in [0.25, 0.3) is 0 Å². The van der Waals surface area contributed by atoms with E-state index in [1.54, 1.807) is 13.3 Å². The van der Waals surface area contributed by atoms with Crippen LogP contribution in [0.1, 0.15) is 11.3 Å². The van der Waals surface area contributed by atoms with Crippen LogP contribution in [-0.4, -0.2) is 18.1 Å². The molecule has 1 aromatic heterocycles. The Morgan fingerprint density at radius 1 is 1.11 bits per heavy atom. The van der Waals surface area contributed by atoms with Gasteiger partial charge in [0.15, 0.2) is 0 Å². The summed E-state index contributed by atoms with van der Waals surface area (Å²) in [6, 6.07) is 13.9. The van der Waals surface area contributed by atoms with Crippen molar-refractivity contribution >= 4 is 0 Å². The molecule has 1 atom stereocenters. The first-order chi connectivity index (χ1) is 8.79. The SMILES string of the molecule is COc1ccccc1CC(N)Cc1ccccn1. The molecule has 0 saturated carbocycles. The van der Waals surface area contributed by atoms with Crippen molar-refractivity contribution in [2.24, 2.45) is 5.73 Å². The summed E-state index contributed by atoms with van der Waals surface area (Å²) in [6.45, 7) is 0. The molecule has 3 heteroatoms. The molecule has 0 aliphatic carbocycles. The summed E-state index contributed by atoms with van der Waals surface area (Å²) in [7, 11) is 1.68. The quantitative estimate of drug-likeness (QED) is 0.874. The number of hydrogen-bond acceptors (Lipinski definition) is 3. The zero-order chi connectivity index (χ0) is 12.8. The molecule has 1 heterocycles. The van der Waals surface area contributed by atoms with Crippen LogP contribution < -0.4 is 10.5 Å². The Morgan fingerprint density at radius 3 is 2.61 bits per heavy atom. The third kappa shape index (κ3) is 3.31. The highest BCUT2D eigenvalue weighted by Gasteiger charge is 2.09. The summed E-state index contributed by atoms with van der Waals surface area (Å²) in [5, 5.41) is 0. The molecule has 0 fully saturated rings. The highest BCUT2D eigenvalue weighted by atomic mass is 16.5. The summed E-state index contributed by atoms with van der Waals surface area (Å²) < 4.78 is 5.33. The first-order valence-electron chi connectivity index (χ1n) is 6.07. The summed E-state index contributed by atoms with van der Waals surface area (Å²) in [4.78, 5) is 4.29. The van der Waals surface area contributed by atoms with Gasteiger partial charge in [0.05, 0.1) is 7.11 Å². The Hall–Kier alpha value is -1.87. The molecule has 1 unspecified atom stereocenters. The molecule has 2 rings (SSSR count). The molecule has 1 aromatic carbocycles. The smallest absolute Gasteiger partial charge is 0.122 e. The number of ether oxygens (including phenoxy) is 1. The number of aromatic nitrogens is 1. The maximum absolute atomic E-state index is 6.17. The van der Waals surface area contributed by atoms with E-state index in [0.29, 0.717) is 0 Å². The highest BCUT2D eigenvalue weighted by molar-refractivity contribution is 5.34. The van der Waals surface area contributed by atoms with E-state index in [4.69, 9.17) is 10.5 Å². The van der Waals surface area contributed by atoms with Gasteiger partial charge in [-0.2, -0.15) is 0 Å². The second-order valence-corrected chi connectivity index (χ2v) is 4.30. The molecule has 0 aliphatic rings. The van der Waals surface area contributed by atoms with Crippen LogP contribution >= 0.6 is 0 Å². The molecule has 18 heavy (non-hydrogen) atoms. The van der Waals surface area contributed by atoms with E-state index >= 15 is 0 Å². The Kier molecular flexibility index (Phi) is 4.31. The molecule has 2 N–H and O–H groups in total. The lowest BCUT2D eigenvalue weighted by Gasteiger charge is -2.13. The van der Waals surface area contributed by atoms with Crippen molar-refractivity contribution in [1.29, 1.82) is 0 Å². The fraction of sp³-hybridized carbons (Fsp3) is 0.267. The van der Waals surface area contributed by atoms with Crippen molar-refractivity contribution in [2.75, 3.05) is 7.11 Å². The van der Waals surface area contributed by atoms with Gasteiger partial charge in [-0.05, 0) is 30.2 Å². The predicted molar refractivity (Wildman–Crippen MR) is 72.6 cm³/mol. The Balaban J connectivity index is 2.01. The highest BCUT2D eigenvalue weighted by Crippen LogP contribution is 2.19. The van der Waals surface area contributed by atoms with E-state index in [2.05, 4.69) is 11.1 Å². The van der Waals surface area contributed by atoms with Gasteiger partial charge in [0.1, 0.15) is 5.75 Å². The number of methoxy groups -OCH3 is 1. The van der Waals surface area contributed by atoms with Gasteiger partial charge in [-0.1, -0.05) is 24.3 Å². The zero-order valence-electron chi connectivity index (χ0n) is 10.5. The molecule has 94 valence electrons. The third-order valence-electron chi connectivity index (χ3n) is 2.87. The molecule has 0 amide bonds. The van der Waals surface area contributed by atoms with E-state index in [9.17, 15) is 0 Å². The molecule has 0 radical (unpaired) electrons. The summed E-state index contributed by atoms with van der Waals surface area (Å²) in [6.07, 6.45) is 3.37. The van der Waals surface area contributed by atoms with Gasteiger partial charge >= 0.3 is 0 Å². The molecule has 2 aromatic rings. The monoisotopic (exact) mass is 242 g/mol. The van der Waals surface area contributed by atoms with Crippen LogP contribution in [0.5, 0.6) is 5.75 Å². The number of benzene rings is 1. The van der Waals surface area contributed by atoms with Crippen LogP contribution in [-0.2, 0) is 12.8 Å². The fourth-order valence-electron chi connectivity index (χ4n) is 2.01. The fourth-order valence-corrected chi connectivity index (χ4v) is 2.01. The van der Waals surface area contributed by atoms with E-state index in [1.807, 2.05) is 36.4 Å². The van der Waals surface area contributed by atoms with Crippen LogP contribution in [0.15, 0.2) is 48.7 Å². The van der Waals surface area contributed by atoms with Gasteiger partial charge in [-0.3, -0.25) is 4.98 Å². The molecular weight excluding hydrogens is 224 g/mol. The largest absolute Gasteiger partial charge is 0.496 e. The van der Waals surface area contributed by atoms with Gasteiger partial charge in [0, 0.05) is 24.4 Å². The molecular formula is C15H18N2O. The summed E-state index contributed by atoms with van der Waals surface area (Å²) in [5.74, 6) is 0.897. The maximum atomic E-state index is 6.17. The first-order valence-corrected chi connectivity index (χ1v) is 6.07. The van der Waals surface area contributed by atoms with Gasteiger partial charge in [-0.15, -0.1) is 0 Å². The summed E-state index contributed by atoms with van der Waals surface area (Å²) >= 11 is 0. The lowest BCUT2D eigenvalue weighted by atomic mass is 10.0. The molecule has 0 spiro atoms. The van der Waals surface area contributed by atoms with Crippen molar-refractivity contribution in [1.82, 2.24) is 4.98 Å². The average Bonchev–Trinajstić information content (AvgIpc) is 2.40. The minimum absolute atomic E-state index is 0.0520. The molecule has 0 aliphatic heterocycles. The van der Waals surface area contributed by atoms with Crippen LogP contribution in [0.2, 0.25) is 0 Å². The van der Waals surface area contributed by atoms with Crippen molar-refractivity contribution in [2.45, 2.75) is 18.9 Å². The number of nitrogens with two attached hydrogens (primary N) is 1. The van der Waals surface area contributed by atoms with Crippen LogP contribution in [0.4, 0.5) is 0 Å². The number of nitrogens with zero attached hydrogens (tertiary/aromatic N) is 1. The van der Waals surface area contributed by atoms with E-state index in [0.717, 1.165) is 29.8 Å². The normalized spacial score (nSPS) is 12.1. The average molecular weight is 242 g/mol. The number of hydrogen-bond donors (Lipinski definition) is 1. The summed E-state index contributed by atoms with van der Waals surface area (Å²) in [5.41, 5.74) is 8.34. The number of para-hydroxylation sites is 1. The molecule has 0 saturated heterocycles. The second-order valence-electron chi connectivity index (χ2n) is 4.30. The number of pyridine rings is 1. The first kappa shape index (κ1) is 12.6. The van der Waals surface area contributed by atoms with Gasteiger partial charge in [0.25, 0.3) is 0 Å². The van der Waals surface area contributed by atoms with Gasteiger partial charge in [-0.25, -0.2) is 0 Å². The van der Waals surface area contributed by atoms with Crippen molar-refractivity contribution in [3.63, 3.8) is 0 Å². The minimum atomic E-state index is 0.0520. The topological polar surface area (TPSA) is 48.1 Å².